The number of fused-ring (bicyclic) bond motifs is 5. The summed E-state index contributed by atoms with van der Waals surface area (Å²) < 4.78 is 0. The molecule has 3 nitrogen and oxygen atoms in total. The standard InChI is InChI=1S/C33H21N3S/c1-2-12-23(13-3-1)35-25-15-4-5-17-28(25)37-29-20-19-27-32(33(29)35)24-14-8-10-22-11-9-16-26(31(22)24)36(27)30-18-6-7-21-34-30/h1-21H. The van der Waals surface area contributed by atoms with Crippen LogP contribution in [0.4, 0.5) is 34.3 Å². The average molecular weight is 492 g/mol. The Morgan fingerprint density at radius 3 is 2.19 bits per heavy atom. The number of para-hydroxylation sites is 2. The van der Waals surface area contributed by atoms with E-state index in [4.69, 9.17) is 4.98 Å². The van der Waals surface area contributed by atoms with Crippen molar-refractivity contribution in [1.82, 2.24) is 4.98 Å². The summed E-state index contributed by atoms with van der Waals surface area (Å²) in [7, 11) is 0. The molecule has 2 aliphatic rings. The molecule has 0 amide bonds. The zero-order valence-corrected chi connectivity index (χ0v) is 20.7. The van der Waals surface area contributed by atoms with E-state index in [0.29, 0.717) is 0 Å². The number of rotatable bonds is 2. The monoisotopic (exact) mass is 491 g/mol. The highest BCUT2D eigenvalue weighted by molar-refractivity contribution is 7.99. The number of aromatic nitrogens is 1. The van der Waals surface area contributed by atoms with Crippen molar-refractivity contribution in [2.24, 2.45) is 0 Å². The first-order valence-corrected chi connectivity index (χ1v) is 13.2. The number of hydrogen-bond donors (Lipinski definition) is 0. The van der Waals surface area contributed by atoms with Gasteiger partial charge < -0.3 is 4.90 Å². The molecule has 4 heteroatoms. The molecule has 3 heterocycles. The van der Waals surface area contributed by atoms with E-state index < -0.39 is 0 Å². The molecule has 2 aliphatic heterocycles. The van der Waals surface area contributed by atoms with Gasteiger partial charge in [0.25, 0.3) is 0 Å². The van der Waals surface area contributed by atoms with E-state index in [1.165, 1.54) is 43.1 Å². The van der Waals surface area contributed by atoms with Gasteiger partial charge in [-0.25, -0.2) is 4.98 Å². The van der Waals surface area contributed by atoms with Crippen LogP contribution in [-0.4, -0.2) is 4.98 Å². The Kier molecular flexibility index (Phi) is 4.45. The number of anilines is 6. The lowest BCUT2D eigenvalue weighted by molar-refractivity contribution is 1.14. The number of benzene rings is 5. The second-order valence-corrected chi connectivity index (χ2v) is 10.3. The predicted molar refractivity (Wildman–Crippen MR) is 154 cm³/mol. The first kappa shape index (κ1) is 20.6. The summed E-state index contributed by atoms with van der Waals surface area (Å²) in [6.45, 7) is 0. The molecule has 0 spiro atoms. The van der Waals surface area contributed by atoms with E-state index in [1.807, 2.05) is 24.0 Å². The molecule has 0 radical (unpaired) electrons. The van der Waals surface area contributed by atoms with Gasteiger partial charge in [0, 0.05) is 32.6 Å². The average Bonchev–Trinajstić information content (AvgIpc) is 2.97. The van der Waals surface area contributed by atoms with E-state index >= 15 is 0 Å². The van der Waals surface area contributed by atoms with Crippen molar-refractivity contribution in [3.05, 3.63) is 128 Å². The lowest BCUT2D eigenvalue weighted by Gasteiger charge is -2.39. The molecule has 0 fully saturated rings. The van der Waals surface area contributed by atoms with Crippen LogP contribution in [0.1, 0.15) is 0 Å². The lowest BCUT2D eigenvalue weighted by atomic mass is 9.89. The molecule has 174 valence electrons. The van der Waals surface area contributed by atoms with Gasteiger partial charge in [-0.2, -0.15) is 0 Å². The Bertz CT molecular complexity index is 1810. The van der Waals surface area contributed by atoms with Crippen molar-refractivity contribution in [1.29, 1.82) is 0 Å². The van der Waals surface area contributed by atoms with Gasteiger partial charge in [-0.1, -0.05) is 78.5 Å². The molecule has 0 N–H and O–H groups in total. The molecule has 0 aliphatic carbocycles. The molecule has 5 aromatic carbocycles. The summed E-state index contributed by atoms with van der Waals surface area (Å²) in [6, 6.07) is 43.3. The zero-order valence-electron chi connectivity index (χ0n) is 19.9. The van der Waals surface area contributed by atoms with Crippen LogP contribution in [0.2, 0.25) is 0 Å². The van der Waals surface area contributed by atoms with E-state index in [2.05, 4.69) is 125 Å². The van der Waals surface area contributed by atoms with E-state index in [-0.39, 0.29) is 0 Å². The topological polar surface area (TPSA) is 19.4 Å². The Morgan fingerprint density at radius 1 is 0.541 bits per heavy atom. The molecule has 0 atom stereocenters. The Hall–Kier alpha value is -4.54. The Morgan fingerprint density at radius 2 is 1.32 bits per heavy atom. The van der Waals surface area contributed by atoms with Gasteiger partial charge in [-0.15, -0.1) is 0 Å². The highest BCUT2D eigenvalue weighted by atomic mass is 32.2. The molecule has 0 unspecified atom stereocenters. The normalized spacial score (nSPS) is 13.2. The van der Waals surface area contributed by atoms with Crippen LogP contribution >= 0.6 is 11.8 Å². The molecule has 6 aromatic rings. The lowest BCUT2D eigenvalue weighted by Crippen LogP contribution is -2.21. The number of pyridine rings is 1. The fourth-order valence-corrected chi connectivity index (χ4v) is 6.78. The minimum Gasteiger partial charge on any atom is -0.308 e. The predicted octanol–water partition coefficient (Wildman–Crippen LogP) is 9.62. The van der Waals surface area contributed by atoms with Gasteiger partial charge in [0.05, 0.1) is 22.7 Å². The fourth-order valence-electron chi connectivity index (χ4n) is 5.71. The zero-order chi connectivity index (χ0) is 24.3. The highest BCUT2D eigenvalue weighted by Crippen LogP contribution is 2.60. The van der Waals surface area contributed by atoms with Crippen LogP contribution in [0, 0.1) is 0 Å². The van der Waals surface area contributed by atoms with Crippen molar-refractivity contribution in [2.75, 3.05) is 9.80 Å². The molecule has 0 bridgehead atoms. The molecular weight excluding hydrogens is 470 g/mol. The largest absolute Gasteiger partial charge is 0.308 e. The maximum atomic E-state index is 4.79. The quantitative estimate of drug-likeness (QED) is 0.240. The minimum atomic E-state index is 0.917. The molecular formula is C33H21N3S. The van der Waals surface area contributed by atoms with Crippen LogP contribution in [0.5, 0.6) is 0 Å². The molecule has 1 aromatic heterocycles. The van der Waals surface area contributed by atoms with Crippen LogP contribution < -0.4 is 9.80 Å². The molecule has 8 rings (SSSR count). The van der Waals surface area contributed by atoms with Crippen molar-refractivity contribution in [2.45, 2.75) is 9.79 Å². The first-order valence-electron chi connectivity index (χ1n) is 12.4. The number of hydrogen-bond acceptors (Lipinski definition) is 4. The maximum absolute atomic E-state index is 4.79. The third-order valence-electron chi connectivity index (χ3n) is 7.20. The van der Waals surface area contributed by atoms with Crippen molar-refractivity contribution < 1.29 is 0 Å². The second kappa shape index (κ2) is 7.99. The molecule has 0 saturated heterocycles. The fraction of sp³-hybridized carbons (Fsp3) is 0. The van der Waals surface area contributed by atoms with Gasteiger partial charge in [-0.3, -0.25) is 4.90 Å². The van der Waals surface area contributed by atoms with E-state index in [0.717, 1.165) is 22.9 Å². The first-order chi connectivity index (χ1) is 18.4. The SMILES string of the molecule is c1ccc(N2c3ccccc3Sc3ccc4c(c32)-c2cccc3cccc(c23)N4c2ccccn2)cc1. The minimum absolute atomic E-state index is 0.917. The van der Waals surface area contributed by atoms with Crippen LogP contribution in [0.3, 0.4) is 0 Å². The van der Waals surface area contributed by atoms with Gasteiger partial charge >= 0.3 is 0 Å². The van der Waals surface area contributed by atoms with E-state index in [9.17, 15) is 0 Å². The van der Waals surface area contributed by atoms with Gasteiger partial charge in [0.1, 0.15) is 5.82 Å². The maximum Gasteiger partial charge on any atom is 0.137 e. The Balaban J connectivity index is 1.52. The summed E-state index contributed by atoms with van der Waals surface area (Å²) in [5.41, 5.74) is 8.37. The second-order valence-electron chi connectivity index (χ2n) is 9.25. The third kappa shape index (κ3) is 3.00. The smallest absolute Gasteiger partial charge is 0.137 e. The van der Waals surface area contributed by atoms with Crippen LogP contribution in [0.25, 0.3) is 21.9 Å². The van der Waals surface area contributed by atoms with Crippen molar-refractivity contribution in [3.8, 4) is 11.1 Å². The summed E-state index contributed by atoms with van der Waals surface area (Å²) in [6.07, 6.45) is 1.87. The summed E-state index contributed by atoms with van der Waals surface area (Å²) in [4.78, 5) is 12.1. The van der Waals surface area contributed by atoms with Gasteiger partial charge in [-0.05, 0) is 65.5 Å². The molecule has 0 saturated carbocycles. The van der Waals surface area contributed by atoms with Gasteiger partial charge in [0.2, 0.25) is 0 Å². The third-order valence-corrected chi connectivity index (χ3v) is 8.31. The number of nitrogens with zero attached hydrogens (tertiary/aromatic N) is 3. The summed E-state index contributed by atoms with van der Waals surface area (Å²) in [5.74, 6) is 0.917. The van der Waals surface area contributed by atoms with Gasteiger partial charge in [0.15, 0.2) is 0 Å². The van der Waals surface area contributed by atoms with Crippen molar-refractivity contribution in [3.63, 3.8) is 0 Å². The highest BCUT2D eigenvalue weighted by Gasteiger charge is 2.34. The van der Waals surface area contributed by atoms with Crippen LogP contribution in [-0.2, 0) is 0 Å². The Labute approximate surface area is 219 Å². The summed E-state index contributed by atoms with van der Waals surface area (Å²) >= 11 is 1.85. The van der Waals surface area contributed by atoms with Crippen LogP contribution in [0.15, 0.2) is 137 Å². The van der Waals surface area contributed by atoms with Crippen molar-refractivity contribution >= 4 is 56.8 Å². The van der Waals surface area contributed by atoms with E-state index in [1.54, 1.807) is 0 Å². The summed E-state index contributed by atoms with van der Waals surface area (Å²) in [5, 5.41) is 2.49. The molecule has 37 heavy (non-hydrogen) atoms.